The summed E-state index contributed by atoms with van der Waals surface area (Å²) >= 11 is 0. The first kappa shape index (κ1) is 19.1. The van der Waals surface area contributed by atoms with Gasteiger partial charge < -0.3 is 10.4 Å². The minimum absolute atomic E-state index is 0.109. The van der Waals surface area contributed by atoms with Crippen LogP contribution in [0.5, 0.6) is 0 Å². The molecule has 0 saturated heterocycles. The third-order valence-corrected chi connectivity index (χ3v) is 4.10. The molecule has 0 aliphatic heterocycles. The molecule has 134 valence electrons. The Hall–Kier alpha value is -2.24. The van der Waals surface area contributed by atoms with Crippen LogP contribution < -0.4 is 5.32 Å². The molecule has 2 aromatic rings. The van der Waals surface area contributed by atoms with Gasteiger partial charge in [-0.25, -0.2) is 4.39 Å². The van der Waals surface area contributed by atoms with E-state index in [2.05, 4.69) is 5.32 Å². The second kappa shape index (κ2) is 8.23. The Morgan fingerprint density at radius 3 is 2.40 bits per heavy atom. The van der Waals surface area contributed by atoms with Crippen molar-refractivity contribution in [3.8, 4) is 0 Å². The number of carbonyl (C=O) groups excluding carboxylic acids is 1. The van der Waals surface area contributed by atoms with Gasteiger partial charge in [0.1, 0.15) is 5.82 Å². The Morgan fingerprint density at radius 2 is 1.80 bits per heavy atom. The van der Waals surface area contributed by atoms with Crippen molar-refractivity contribution in [3.63, 3.8) is 0 Å². The number of carbonyl (C=O) groups is 1. The summed E-state index contributed by atoms with van der Waals surface area (Å²) in [5.41, 5.74) is 4.23. The smallest absolute Gasteiger partial charge is 0.238 e. The third-order valence-electron chi connectivity index (χ3n) is 4.10. The Balaban J connectivity index is 1.96. The minimum atomic E-state index is -0.984. The number of anilines is 1. The number of rotatable bonds is 6. The second-order valence-electron chi connectivity index (χ2n) is 6.56. The molecule has 0 radical (unpaired) electrons. The van der Waals surface area contributed by atoms with Crippen molar-refractivity contribution in [2.24, 2.45) is 0 Å². The van der Waals surface area contributed by atoms with Gasteiger partial charge in [-0.05, 0) is 45.0 Å². The molecule has 1 amide bonds. The summed E-state index contributed by atoms with van der Waals surface area (Å²) in [6, 6.07) is 10.2. The number of halogens is 1. The van der Waals surface area contributed by atoms with Crippen LogP contribution in [0.15, 0.2) is 36.4 Å². The van der Waals surface area contributed by atoms with Crippen molar-refractivity contribution in [3.05, 3.63) is 64.5 Å². The molecule has 0 heterocycles. The first-order chi connectivity index (χ1) is 11.8. The van der Waals surface area contributed by atoms with E-state index in [0.717, 1.165) is 22.4 Å². The number of aliphatic hydroxyl groups excluding tert-OH is 1. The summed E-state index contributed by atoms with van der Waals surface area (Å²) in [7, 11) is 1.72. The molecule has 0 fully saturated rings. The first-order valence-electron chi connectivity index (χ1n) is 8.26. The summed E-state index contributed by atoms with van der Waals surface area (Å²) < 4.78 is 13.7. The molecule has 1 atom stereocenters. The highest BCUT2D eigenvalue weighted by atomic mass is 19.1. The Bertz CT molecular complexity index is 738. The number of hydrogen-bond donors (Lipinski definition) is 2. The number of nitrogens with one attached hydrogen (secondary N) is 1. The molecular formula is C20H25FN2O2. The number of benzene rings is 2. The molecule has 2 aromatic carbocycles. The lowest BCUT2D eigenvalue weighted by Crippen LogP contribution is -2.33. The van der Waals surface area contributed by atoms with Gasteiger partial charge in [0.05, 0.1) is 12.6 Å². The van der Waals surface area contributed by atoms with E-state index in [1.807, 2.05) is 32.9 Å². The van der Waals surface area contributed by atoms with E-state index < -0.39 is 11.9 Å². The normalized spacial score (nSPS) is 12.3. The average molecular weight is 344 g/mol. The molecule has 0 aliphatic rings. The number of hydrogen-bond acceptors (Lipinski definition) is 3. The summed E-state index contributed by atoms with van der Waals surface area (Å²) in [4.78, 5) is 14.0. The Kier molecular flexibility index (Phi) is 6.28. The number of nitrogens with zero attached hydrogens (tertiary/aromatic N) is 1. The van der Waals surface area contributed by atoms with Crippen LogP contribution in [0.1, 0.15) is 28.4 Å². The fraction of sp³-hybridized carbons (Fsp3) is 0.350. The maximum absolute atomic E-state index is 13.7. The number of amides is 1. The number of aliphatic hydroxyl groups is 1. The molecule has 5 heteroatoms. The average Bonchev–Trinajstić information content (AvgIpc) is 2.51. The van der Waals surface area contributed by atoms with Crippen LogP contribution in [0.2, 0.25) is 0 Å². The summed E-state index contributed by atoms with van der Waals surface area (Å²) in [6.45, 7) is 6.21. The molecule has 25 heavy (non-hydrogen) atoms. The molecule has 0 aromatic heterocycles. The van der Waals surface area contributed by atoms with Crippen LogP contribution >= 0.6 is 0 Å². The highest BCUT2D eigenvalue weighted by molar-refractivity contribution is 5.93. The van der Waals surface area contributed by atoms with Gasteiger partial charge in [-0.15, -0.1) is 0 Å². The lowest BCUT2D eigenvalue weighted by Gasteiger charge is -2.21. The minimum Gasteiger partial charge on any atom is -0.387 e. The predicted octanol–water partition coefficient (Wildman–Crippen LogP) is 3.35. The zero-order valence-electron chi connectivity index (χ0n) is 15.1. The van der Waals surface area contributed by atoms with Crippen molar-refractivity contribution in [1.82, 2.24) is 4.90 Å². The van der Waals surface area contributed by atoms with E-state index >= 15 is 0 Å². The lowest BCUT2D eigenvalue weighted by molar-refractivity contribution is -0.117. The summed E-state index contributed by atoms with van der Waals surface area (Å²) in [5.74, 6) is -0.614. The maximum atomic E-state index is 13.7. The largest absolute Gasteiger partial charge is 0.387 e. The third kappa shape index (κ3) is 5.11. The van der Waals surface area contributed by atoms with Gasteiger partial charge in [0, 0.05) is 17.8 Å². The zero-order chi connectivity index (χ0) is 18.6. The molecule has 2 rings (SSSR count). The van der Waals surface area contributed by atoms with Crippen molar-refractivity contribution in [1.29, 1.82) is 0 Å². The molecule has 0 bridgehead atoms. The number of aryl methyl sites for hydroxylation is 3. The van der Waals surface area contributed by atoms with Gasteiger partial charge in [-0.3, -0.25) is 9.69 Å². The fourth-order valence-electron chi connectivity index (χ4n) is 3.00. The van der Waals surface area contributed by atoms with Crippen LogP contribution in [0, 0.1) is 26.6 Å². The molecule has 0 spiro atoms. The molecule has 0 aliphatic carbocycles. The van der Waals surface area contributed by atoms with E-state index in [-0.39, 0.29) is 24.6 Å². The van der Waals surface area contributed by atoms with E-state index in [1.165, 1.54) is 6.07 Å². The molecule has 1 unspecified atom stereocenters. The van der Waals surface area contributed by atoms with Gasteiger partial charge in [0.15, 0.2) is 0 Å². The SMILES string of the molecule is Cc1cc(C)c(NC(=O)CN(C)CC(O)c2ccccc2F)c(C)c1. The first-order valence-corrected chi connectivity index (χ1v) is 8.26. The van der Waals surface area contributed by atoms with Crippen molar-refractivity contribution in [2.75, 3.05) is 25.5 Å². The number of likely N-dealkylation sites (N-methyl/N-ethyl adjacent to an activating group) is 1. The van der Waals surface area contributed by atoms with Gasteiger partial charge >= 0.3 is 0 Å². The standard InChI is InChI=1S/C20H25FN2O2/c1-13-9-14(2)20(15(3)10-13)22-19(25)12-23(4)11-18(24)16-7-5-6-8-17(16)21/h5-10,18,24H,11-12H2,1-4H3,(H,22,25). The van der Waals surface area contributed by atoms with Crippen LogP contribution in [0.25, 0.3) is 0 Å². The van der Waals surface area contributed by atoms with Gasteiger partial charge in [-0.2, -0.15) is 0 Å². The van der Waals surface area contributed by atoms with Gasteiger partial charge in [-0.1, -0.05) is 35.9 Å². The van der Waals surface area contributed by atoms with E-state index in [0.29, 0.717) is 0 Å². The van der Waals surface area contributed by atoms with Crippen molar-refractivity contribution < 1.29 is 14.3 Å². The van der Waals surface area contributed by atoms with E-state index in [4.69, 9.17) is 0 Å². The second-order valence-corrected chi connectivity index (χ2v) is 6.56. The quantitative estimate of drug-likeness (QED) is 0.845. The molecule has 0 saturated carbocycles. The summed E-state index contributed by atoms with van der Waals surface area (Å²) in [5, 5.41) is 13.1. The Labute approximate surface area is 148 Å². The lowest BCUT2D eigenvalue weighted by atomic mass is 10.1. The van der Waals surface area contributed by atoms with Crippen molar-refractivity contribution >= 4 is 11.6 Å². The predicted molar refractivity (Wildman–Crippen MR) is 98.1 cm³/mol. The van der Waals surface area contributed by atoms with Gasteiger partial charge in [0.2, 0.25) is 5.91 Å². The topological polar surface area (TPSA) is 52.6 Å². The Morgan fingerprint density at radius 1 is 1.20 bits per heavy atom. The van der Waals surface area contributed by atoms with E-state index in [1.54, 1.807) is 30.1 Å². The van der Waals surface area contributed by atoms with Crippen LogP contribution in [-0.4, -0.2) is 36.1 Å². The van der Waals surface area contributed by atoms with Crippen LogP contribution in [0.3, 0.4) is 0 Å². The monoisotopic (exact) mass is 344 g/mol. The maximum Gasteiger partial charge on any atom is 0.238 e. The van der Waals surface area contributed by atoms with Gasteiger partial charge in [0.25, 0.3) is 0 Å². The van der Waals surface area contributed by atoms with Crippen molar-refractivity contribution in [2.45, 2.75) is 26.9 Å². The van der Waals surface area contributed by atoms with Crippen LogP contribution in [-0.2, 0) is 4.79 Å². The summed E-state index contributed by atoms with van der Waals surface area (Å²) in [6.07, 6.45) is -0.984. The molecular weight excluding hydrogens is 319 g/mol. The van der Waals surface area contributed by atoms with E-state index in [9.17, 15) is 14.3 Å². The highest BCUT2D eigenvalue weighted by Crippen LogP contribution is 2.22. The fourth-order valence-corrected chi connectivity index (χ4v) is 3.00. The van der Waals surface area contributed by atoms with Crippen LogP contribution in [0.4, 0.5) is 10.1 Å². The molecule has 4 nitrogen and oxygen atoms in total. The molecule has 2 N–H and O–H groups in total. The highest BCUT2D eigenvalue weighted by Gasteiger charge is 2.17. The zero-order valence-corrected chi connectivity index (χ0v) is 15.1.